The van der Waals surface area contributed by atoms with Crippen molar-refractivity contribution in [3.8, 4) is 0 Å². The van der Waals surface area contributed by atoms with Crippen molar-refractivity contribution >= 4 is 22.8 Å². The molecule has 0 spiro atoms. The number of carbonyl (C=O) groups is 1. The van der Waals surface area contributed by atoms with Crippen LogP contribution in [0.25, 0.3) is 0 Å². The van der Waals surface area contributed by atoms with Gasteiger partial charge >= 0.3 is 0 Å². The molecule has 0 radical (unpaired) electrons. The van der Waals surface area contributed by atoms with Crippen LogP contribution in [0.4, 0.5) is 0 Å². The molecule has 2 nitrogen and oxygen atoms in total. The highest BCUT2D eigenvalue weighted by molar-refractivity contribution is 8.93. The lowest BCUT2D eigenvalue weighted by atomic mass is 9.66. The van der Waals surface area contributed by atoms with Crippen LogP contribution in [-0.2, 0) is 4.79 Å². The summed E-state index contributed by atoms with van der Waals surface area (Å²) in [6.07, 6.45) is 22.4. The average Bonchev–Trinajstić information content (AvgIpc) is 3.08. The van der Waals surface area contributed by atoms with Crippen molar-refractivity contribution < 1.29 is 4.79 Å². The first kappa shape index (κ1) is 30.6. The van der Waals surface area contributed by atoms with Crippen LogP contribution in [0.2, 0.25) is 0 Å². The number of hydrogen-bond donors (Lipinski definition) is 0. The summed E-state index contributed by atoms with van der Waals surface area (Å²) in [5, 5.41) is 0. The highest BCUT2D eigenvalue weighted by atomic mass is 79.9. The number of Topliss-reactive ketones (excluding diaryl/α,β-unsaturated/α-hetero) is 1. The summed E-state index contributed by atoms with van der Waals surface area (Å²) >= 11 is 0. The fraction of sp³-hybridized carbons (Fsp3) is 0.781. The average molecular weight is 549 g/mol. The molecule has 0 aromatic carbocycles. The number of halogens is 1. The van der Waals surface area contributed by atoms with E-state index in [1.165, 1.54) is 87.5 Å². The predicted molar refractivity (Wildman–Crippen MR) is 157 cm³/mol. The second-order valence-corrected chi connectivity index (χ2v) is 12.7. The van der Waals surface area contributed by atoms with Crippen LogP contribution in [0.1, 0.15) is 112 Å². The van der Waals surface area contributed by atoms with Gasteiger partial charge in [0.2, 0.25) is 0 Å². The van der Waals surface area contributed by atoms with Crippen molar-refractivity contribution in [1.82, 2.24) is 4.90 Å². The van der Waals surface area contributed by atoms with Gasteiger partial charge in [0.05, 0.1) is 0 Å². The fourth-order valence-corrected chi connectivity index (χ4v) is 7.23. The molecule has 35 heavy (non-hydrogen) atoms. The van der Waals surface area contributed by atoms with Gasteiger partial charge in [0.15, 0.2) is 5.78 Å². The van der Waals surface area contributed by atoms with Crippen LogP contribution in [0.15, 0.2) is 34.9 Å². The first-order valence-electron chi connectivity index (χ1n) is 14.4. The molecule has 4 unspecified atom stereocenters. The minimum atomic E-state index is 0. The number of hydrogen-bond acceptors (Lipinski definition) is 2. The zero-order valence-electron chi connectivity index (χ0n) is 23.9. The zero-order chi connectivity index (χ0) is 24.9. The Kier molecular flexibility index (Phi) is 11.5. The minimum absolute atomic E-state index is 0. The third-order valence-electron chi connectivity index (χ3n) is 9.80. The van der Waals surface area contributed by atoms with E-state index in [4.69, 9.17) is 0 Å². The maximum absolute atomic E-state index is 13.7. The molecule has 3 aliphatic carbocycles. The quantitative estimate of drug-likeness (QED) is 0.169. The SMILES string of the molecule is Br.CCCCCCCCC(CCCN(C)C)CC1=CC=CC(C)C1=C1C(=O)C2CCC1(C)C2(C)C. The van der Waals surface area contributed by atoms with Gasteiger partial charge in [-0.3, -0.25) is 4.79 Å². The van der Waals surface area contributed by atoms with Gasteiger partial charge in [-0.25, -0.2) is 0 Å². The maximum atomic E-state index is 13.7. The standard InChI is InChI=1S/C32H53NO.BrH/c1-8-9-10-11-12-13-17-25(18-15-22-33(6)7)23-26-19-14-16-24(2)28(26)29-30(34)27-20-21-32(29,5)31(27,3)4;/h14,16,19,24-25,27H,8-13,15,17-18,20-23H2,1-7H3;1H. The summed E-state index contributed by atoms with van der Waals surface area (Å²) in [6, 6.07) is 0. The van der Waals surface area contributed by atoms with E-state index in [-0.39, 0.29) is 33.7 Å². The first-order chi connectivity index (χ1) is 16.1. The molecule has 3 heteroatoms. The third-order valence-corrected chi connectivity index (χ3v) is 9.80. The Bertz CT molecular complexity index is 804. The smallest absolute Gasteiger partial charge is 0.163 e. The van der Waals surface area contributed by atoms with E-state index < -0.39 is 0 Å². The first-order valence-corrected chi connectivity index (χ1v) is 14.4. The van der Waals surface area contributed by atoms with Gasteiger partial charge in [-0.1, -0.05) is 97.8 Å². The number of unbranched alkanes of at least 4 members (excludes halogenated alkanes) is 5. The van der Waals surface area contributed by atoms with E-state index in [1.807, 2.05) is 0 Å². The lowest BCUT2D eigenvalue weighted by Crippen LogP contribution is -2.30. The number of fused-ring (bicyclic) bond motifs is 2. The molecule has 2 fully saturated rings. The summed E-state index contributed by atoms with van der Waals surface area (Å²) in [6.45, 7) is 12.9. The molecule has 0 aliphatic heterocycles. The van der Waals surface area contributed by atoms with Crippen molar-refractivity contribution in [2.24, 2.45) is 28.6 Å². The highest BCUT2D eigenvalue weighted by Crippen LogP contribution is 2.67. The molecule has 200 valence electrons. The molecule has 4 atom stereocenters. The molecule has 0 aromatic rings. The van der Waals surface area contributed by atoms with Crippen LogP contribution >= 0.6 is 17.0 Å². The summed E-state index contributed by atoms with van der Waals surface area (Å²) in [7, 11) is 4.37. The molecule has 0 heterocycles. The number of rotatable bonds is 13. The Morgan fingerprint density at radius 3 is 2.31 bits per heavy atom. The summed E-state index contributed by atoms with van der Waals surface area (Å²) < 4.78 is 0. The Balaban J connectivity index is 0.00000432. The van der Waals surface area contributed by atoms with Gasteiger partial charge in [-0.15, -0.1) is 17.0 Å². The molecular weight excluding hydrogens is 494 g/mol. The Morgan fingerprint density at radius 1 is 1.03 bits per heavy atom. The Hall–Kier alpha value is -0.670. The summed E-state index contributed by atoms with van der Waals surface area (Å²) in [4.78, 5) is 16.0. The lowest BCUT2D eigenvalue weighted by Gasteiger charge is -2.37. The molecule has 2 saturated carbocycles. The molecule has 3 aliphatic rings. The predicted octanol–water partition coefficient (Wildman–Crippen LogP) is 9.12. The fourth-order valence-electron chi connectivity index (χ4n) is 7.23. The maximum Gasteiger partial charge on any atom is 0.163 e. The van der Waals surface area contributed by atoms with Gasteiger partial charge in [0.1, 0.15) is 0 Å². The van der Waals surface area contributed by atoms with Crippen molar-refractivity contribution in [2.75, 3.05) is 20.6 Å². The molecule has 3 rings (SSSR count). The van der Waals surface area contributed by atoms with Crippen molar-refractivity contribution in [3.63, 3.8) is 0 Å². The zero-order valence-corrected chi connectivity index (χ0v) is 25.6. The highest BCUT2D eigenvalue weighted by Gasteiger charge is 2.64. The van der Waals surface area contributed by atoms with Crippen molar-refractivity contribution in [1.29, 1.82) is 0 Å². The molecule has 0 aromatic heterocycles. The van der Waals surface area contributed by atoms with E-state index in [9.17, 15) is 4.79 Å². The minimum Gasteiger partial charge on any atom is -0.309 e. The van der Waals surface area contributed by atoms with Gasteiger partial charge in [-0.05, 0) is 81.1 Å². The molecule has 0 saturated heterocycles. The van der Waals surface area contributed by atoms with E-state index in [0.29, 0.717) is 11.7 Å². The summed E-state index contributed by atoms with van der Waals surface area (Å²) in [5.74, 6) is 1.77. The molecule has 0 N–H and O–H groups in total. The molecule has 2 bridgehead atoms. The van der Waals surface area contributed by atoms with Crippen LogP contribution in [0, 0.1) is 28.6 Å². The topological polar surface area (TPSA) is 20.3 Å². The third kappa shape index (κ3) is 6.61. The molecule has 0 amide bonds. The number of nitrogens with zero attached hydrogens (tertiary/aromatic N) is 1. The second-order valence-electron chi connectivity index (χ2n) is 12.7. The Morgan fingerprint density at radius 2 is 1.69 bits per heavy atom. The van der Waals surface area contributed by atoms with Crippen LogP contribution < -0.4 is 0 Å². The Labute approximate surface area is 227 Å². The monoisotopic (exact) mass is 547 g/mol. The number of carbonyl (C=O) groups excluding carboxylic acids is 1. The van der Waals surface area contributed by atoms with Gasteiger partial charge in [0, 0.05) is 16.9 Å². The van der Waals surface area contributed by atoms with E-state index in [2.05, 4.69) is 71.8 Å². The normalized spacial score (nSPS) is 30.1. The lowest BCUT2D eigenvalue weighted by molar-refractivity contribution is -0.119. The van der Waals surface area contributed by atoms with Crippen molar-refractivity contribution in [3.05, 3.63) is 34.9 Å². The van der Waals surface area contributed by atoms with E-state index in [1.54, 1.807) is 0 Å². The van der Waals surface area contributed by atoms with Gasteiger partial charge in [0.25, 0.3) is 0 Å². The largest absolute Gasteiger partial charge is 0.309 e. The van der Waals surface area contributed by atoms with Crippen LogP contribution in [0.3, 0.4) is 0 Å². The number of ketones is 1. The number of allylic oxidation sites excluding steroid dienone is 6. The van der Waals surface area contributed by atoms with E-state index in [0.717, 1.165) is 18.8 Å². The van der Waals surface area contributed by atoms with Crippen molar-refractivity contribution in [2.45, 2.75) is 112 Å². The molecular formula is C32H54BrNO. The van der Waals surface area contributed by atoms with Gasteiger partial charge < -0.3 is 4.90 Å². The summed E-state index contributed by atoms with van der Waals surface area (Å²) in [5.41, 5.74) is 4.21. The second kappa shape index (κ2) is 13.2. The van der Waals surface area contributed by atoms with Gasteiger partial charge in [-0.2, -0.15) is 0 Å². The van der Waals surface area contributed by atoms with E-state index >= 15 is 0 Å². The van der Waals surface area contributed by atoms with Crippen LogP contribution in [-0.4, -0.2) is 31.3 Å². The van der Waals surface area contributed by atoms with Crippen LogP contribution in [0.5, 0.6) is 0 Å².